The van der Waals surface area contributed by atoms with Crippen molar-refractivity contribution in [2.24, 2.45) is 5.92 Å². The summed E-state index contributed by atoms with van der Waals surface area (Å²) in [7, 11) is 0. The minimum atomic E-state index is 0.608. The van der Waals surface area contributed by atoms with Crippen LogP contribution in [0.2, 0.25) is 0 Å². The minimum absolute atomic E-state index is 0.608. The van der Waals surface area contributed by atoms with Gasteiger partial charge in [0, 0.05) is 12.6 Å². The third kappa shape index (κ3) is 4.50. The van der Waals surface area contributed by atoms with Crippen LogP contribution in [0.15, 0.2) is 41.5 Å². The third-order valence-electron chi connectivity index (χ3n) is 4.44. The van der Waals surface area contributed by atoms with Crippen molar-refractivity contribution < 1.29 is 0 Å². The first-order valence-electron chi connectivity index (χ1n) is 7.57. The first kappa shape index (κ1) is 14.3. The van der Waals surface area contributed by atoms with Crippen LogP contribution in [0, 0.1) is 5.92 Å². The molecule has 1 N–H and O–H groups in total. The Bertz CT molecular complexity index is 419. The highest BCUT2D eigenvalue weighted by molar-refractivity contribution is 5.15. The van der Waals surface area contributed by atoms with E-state index in [-0.39, 0.29) is 0 Å². The third-order valence-corrected chi connectivity index (χ3v) is 4.44. The standard InChI is InChI=1S/C18H27N/c1-14-9-10-18(11-15(14)2)12-16(3)19-13-17-7-5-4-6-8-17/h4-8,16,18-19H,9-13H2,1-3H3. The first-order valence-corrected chi connectivity index (χ1v) is 7.57. The van der Waals surface area contributed by atoms with E-state index in [2.05, 4.69) is 56.4 Å². The summed E-state index contributed by atoms with van der Waals surface area (Å²) < 4.78 is 0. The molecule has 0 radical (unpaired) electrons. The molecule has 1 nitrogen and oxygen atoms in total. The van der Waals surface area contributed by atoms with Gasteiger partial charge in [0.15, 0.2) is 0 Å². The smallest absolute Gasteiger partial charge is 0.0207 e. The summed E-state index contributed by atoms with van der Waals surface area (Å²) in [6, 6.07) is 11.3. The van der Waals surface area contributed by atoms with E-state index in [1.54, 1.807) is 11.1 Å². The molecule has 2 atom stereocenters. The average Bonchev–Trinajstić information content (AvgIpc) is 2.42. The largest absolute Gasteiger partial charge is 0.310 e. The van der Waals surface area contributed by atoms with Gasteiger partial charge in [0.05, 0.1) is 0 Å². The predicted octanol–water partition coefficient (Wildman–Crippen LogP) is 4.69. The number of allylic oxidation sites excluding steroid dienone is 2. The van der Waals surface area contributed by atoms with E-state index in [0.717, 1.165) is 12.5 Å². The number of hydrogen-bond acceptors (Lipinski definition) is 1. The molecule has 0 aromatic heterocycles. The molecular weight excluding hydrogens is 230 g/mol. The topological polar surface area (TPSA) is 12.0 Å². The summed E-state index contributed by atoms with van der Waals surface area (Å²) in [6.45, 7) is 7.91. The summed E-state index contributed by atoms with van der Waals surface area (Å²) in [6.07, 6.45) is 5.29. The molecule has 0 amide bonds. The van der Waals surface area contributed by atoms with E-state index < -0.39 is 0 Å². The highest BCUT2D eigenvalue weighted by atomic mass is 14.9. The molecule has 1 aliphatic rings. The van der Waals surface area contributed by atoms with Gasteiger partial charge in [-0.3, -0.25) is 0 Å². The Morgan fingerprint density at radius 1 is 1.16 bits per heavy atom. The van der Waals surface area contributed by atoms with E-state index in [9.17, 15) is 0 Å². The van der Waals surface area contributed by atoms with Crippen molar-refractivity contribution in [3.63, 3.8) is 0 Å². The second kappa shape index (κ2) is 6.91. The van der Waals surface area contributed by atoms with Gasteiger partial charge in [0.1, 0.15) is 0 Å². The Balaban J connectivity index is 1.75. The molecule has 0 fully saturated rings. The zero-order valence-corrected chi connectivity index (χ0v) is 12.6. The van der Waals surface area contributed by atoms with Crippen LogP contribution in [0.5, 0.6) is 0 Å². The molecule has 0 aliphatic heterocycles. The van der Waals surface area contributed by atoms with Crippen LogP contribution in [0.1, 0.15) is 52.0 Å². The van der Waals surface area contributed by atoms with Crippen LogP contribution in [0.4, 0.5) is 0 Å². The van der Waals surface area contributed by atoms with E-state index in [0.29, 0.717) is 6.04 Å². The van der Waals surface area contributed by atoms with Crippen molar-refractivity contribution in [3.05, 3.63) is 47.0 Å². The molecule has 0 spiro atoms. The molecule has 1 aromatic carbocycles. The van der Waals surface area contributed by atoms with Gasteiger partial charge in [-0.2, -0.15) is 0 Å². The normalized spacial score (nSPS) is 21.5. The summed E-state index contributed by atoms with van der Waals surface area (Å²) in [5, 5.41) is 3.66. The molecule has 1 aliphatic carbocycles. The van der Waals surface area contributed by atoms with Gasteiger partial charge in [0.25, 0.3) is 0 Å². The highest BCUT2D eigenvalue weighted by Crippen LogP contribution is 2.31. The molecule has 2 rings (SSSR count). The molecule has 0 bridgehead atoms. The van der Waals surface area contributed by atoms with Gasteiger partial charge in [0.2, 0.25) is 0 Å². The second-order valence-corrected chi connectivity index (χ2v) is 6.17. The van der Waals surface area contributed by atoms with Crippen molar-refractivity contribution in [3.8, 4) is 0 Å². The number of benzene rings is 1. The number of rotatable bonds is 5. The highest BCUT2D eigenvalue weighted by Gasteiger charge is 2.18. The van der Waals surface area contributed by atoms with E-state index in [1.165, 1.54) is 31.2 Å². The predicted molar refractivity (Wildman–Crippen MR) is 83.1 cm³/mol. The Morgan fingerprint density at radius 3 is 2.58 bits per heavy atom. The molecule has 104 valence electrons. The van der Waals surface area contributed by atoms with Crippen molar-refractivity contribution in [2.45, 2.75) is 59.0 Å². The summed E-state index contributed by atoms with van der Waals surface area (Å²) in [5.74, 6) is 0.877. The maximum Gasteiger partial charge on any atom is 0.0207 e. The van der Waals surface area contributed by atoms with Crippen LogP contribution in [0.3, 0.4) is 0 Å². The average molecular weight is 257 g/mol. The van der Waals surface area contributed by atoms with Gasteiger partial charge in [-0.15, -0.1) is 0 Å². The van der Waals surface area contributed by atoms with Crippen LogP contribution in [-0.4, -0.2) is 6.04 Å². The lowest BCUT2D eigenvalue weighted by Crippen LogP contribution is -2.28. The van der Waals surface area contributed by atoms with Gasteiger partial charge in [-0.25, -0.2) is 0 Å². The van der Waals surface area contributed by atoms with Crippen LogP contribution in [-0.2, 0) is 6.54 Å². The molecule has 0 saturated carbocycles. The maximum absolute atomic E-state index is 3.66. The summed E-state index contributed by atoms with van der Waals surface area (Å²) in [5.41, 5.74) is 4.64. The van der Waals surface area contributed by atoms with Crippen molar-refractivity contribution in [1.29, 1.82) is 0 Å². The summed E-state index contributed by atoms with van der Waals surface area (Å²) in [4.78, 5) is 0. The Labute approximate surface area is 118 Å². The van der Waals surface area contributed by atoms with Crippen LogP contribution >= 0.6 is 0 Å². The molecule has 2 unspecified atom stereocenters. The van der Waals surface area contributed by atoms with E-state index in [4.69, 9.17) is 0 Å². The lowest BCUT2D eigenvalue weighted by atomic mass is 9.82. The van der Waals surface area contributed by atoms with E-state index in [1.807, 2.05) is 0 Å². The van der Waals surface area contributed by atoms with Gasteiger partial charge in [-0.05, 0) is 57.9 Å². The zero-order valence-electron chi connectivity index (χ0n) is 12.6. The van der Waals surface area contributed by atoms with Crippen molar-refractivity contribution >= 4 is 0 Å². The fraction of sp³-hybridized carbons (Fsp3) is 0.556. The molecular formula is C18H27N. The fourth-order valence-electron chi connectivity index (χ4n) is 3.02. The Hall–Kier alpha value is -1.08. The number of hydrogen-bond donors (Lipinski definition) is 1. The monoisotopic (exact) mass is 257 g/mol. The molecule has 0 heterocycles. The van der Waals surface area contributed by atoms with Gasteiger partial charge < -0.3 is 5.32 Å². The fourth-order valence-corrected chi connectivity index (χ4v) is 3.02. The zero-order chi connectivity index (χ0) is 13.7. The first-order chi connectivity index (χ1) is 9.15. The number of nitrogens with one attached hydrogen (secondary N) is 1. The van der Waals surface area contributed by atoms with Gasteiger partial charge >= 0.3 is 0 Å². The summed E-state index contributed by atoms with van der Waals surface area (Å²) >= 11 is 0. The molecule has 19 heavy (non-hydrogen) atoms. The molecule has 0 saturated heterocycles. The van der Waals surface area contributed by atoms with Crippen LogP contribution < -0.4 is 5.32 Å². The Morgan fingerprint density at radius 2 is 1.89 bits per heavy atom. The van der Waals surface area contributed by atoms with Crippen LogP contribution in [0.25, 0.3) is 0 Å². The molecule has 1 aromatic rings. The van der Waals surface area contributed by atoms with Crippen molar-refractivity contribution in [1.82, 2.24) is 5.32 Å². The van der Waals surface area contributed by atoms with E-state index >= 15 is 0 Å². The van der Waals surface area contributed by atoms with Gasteiger partial charge in [-0.1, -0.05) is 41.5 Å². The van der Waals surface area contributed by atoms with Crippen molar-refractivity contribution in [2.75, 3.05) is 0 Å². The Kier molecular flexibility index (Phi) is 5.21. The quantitative estimate of drug-likeness (QED) is 0.754. The second-order valence-electron chi connectivity index (χ2n) is 6.17. The SMILES string of the molecule is CC1=C(C)CC(CC(C)NCc2ccccc2)CC1. The lowest BCUT2D eigenvalue weighted by Gasteiger charge is -2.27. The minimum Gasteiger partial charge on any atom is -0.310 e. The lowest BCUT2D eigenvalue weighted by molar-refractivity contribution is 0.362. The maximum atomic E-state index is 3.66. The molecule has 1 heteroatoms.